The molecule has 1 N–H and O–H groups in total. The van der Waals surface area contributed by atoms with Gasteiger partial charge in [-0.05, 0) is 25.8 Å². The van der Waals surface area contributed by atoms with Crippen LogP contribution in [0.4, 0.5) is 13.2 Å². The highest BCUT2D eigenvalue weighted by Crippen LogP contribution is 2.42. The van der Waals surface area contributed by atoms with E-state index in [0.29, 0.717) is 17.0 Å². The van der Waals surface area contributed by atoms with Crippen molar-refractivity contribution < 1.29 is 22.5 Å². The minimum atomic E-state index is -4.46. The van der Waals surface area contributed by atoms with Gasteiger partial charge in [0, 0.05) is 18.2 Å². The molecule has 1 amide bonds. The zero-order chi connectivity index (χ0) is 16.6. The van der Waals surface area contributed by atoms with Crippen LogP contribution in [-0.2, 0) is 12.7 Å². The number of halogens is 3. The Balaban J connectivity index is 1.65. The number of hydrogen-bond donors (Lipinski definition) is 1. The average molecular weight is 328 g/mol. The van der Waals surface area contributed by atoms with Gasteiger partial charge in [0.25, 0.3) is 5.91 Å². The van der Waals surface area contributed by atoms with Crippen molar-refractivity contribution in [2.24, 2.45) is 0 Å². The number of carbonyl (C=O) groups is 1. The number of amides is 1. The minimum Gasteiger partial charge on any atom is -0.361 e. The number of rotatable bonds is 5. The Morgan fingerprint density at radius 3 is 2.78 bits per heavy atom. The first-order valence-corrected chi connectivity index (χ1v) is 7.20. The van der Waals surface area contributed by atoms with Gasteiger partial charge >= 0.3 is 6.18 Å². The van der Waals surface area contributed by atoms with Gasteiger partial charge in [-0.15, -0.1) is 0 Å². The van der Waals surface area contributed by atoms with E-state index in [-0.39, 0.29) is 24.9 Å². The molecule has 3 rings (SSSR count). The first kappa shape index (κ1) is 15.6. The summed E-state index contributed by atoms with van der Waals surface area (Å²) in [6.07, 6.45) is -1.42. The topological polar surface area (TPSA) is 73.0 Å². The molecule has 0 spiro atoms. The van der Waals surface area contributed by atoms with Crippen LogP contribution >= 0.6 is 0 Å². The van der Waals surface area contributed by atoms with Gasteiger partial charge < -0.3 is 9.84 Å². The number of nitrogens with one attached hydrogen (secondary N) is 1. The third kappa shape index (κ3) is 3.38. The lowest BCUT2D eigenvalue weighted by Crippen LogP contribution is -2.28. The van der Waals surface area contributed by atoms with E-state index in [4.69, 9.17) is 4.52 Å². The smallest absolute Gasteiger partial charge is 0.361 e. The van der Waals surface area contributed by atoms with Crippen LogP contribution in [0, 0.1) is 6.92 Å². The molecule has 0 saturated heterocycles. The van der Waals surface area contributed by atoms with Crippen molar-refractivity contribution in [2.75, 3.05) is 6.54 Å². The zero-order valence-electron chi connectivity index (χ0n) is 12.4. The van der Waals surface area contributed by atoms with E-state index in [0.717, 1.165) is 18.9 Å². The van der Waals surface area contributed by atoms with Crippen molar-refractivity contribution in [3.05, 3.63) is 35.0 Å². The van der Waals surface area contributed by atoms with Crippen LogP contribution < -0.4 is 5.32 Å². The molecule has 0 aliphatic heterocycles. The number of carbonyl (C=O) groups excluding carboxylic acids is 1. The summed E-state index contributed by atoms with van der Waals surface area (Å²) >= 11 is 0. The summed E-state index contributed by atoms with van der Waals surface area (Å²) in [6.45, 7) is 1.95. The SMILES string of the molecule is Cc1oncc1C(=O)NCCn1nc(C(F)(F)F)cc1C1CC1. The van der Waals surface area contributed by atoms with E-state index in [2.05, 4.69) is 15.6 Å². The molecule has 2 aromatic heterocycles. The molecule has 6 nitrogen and oxygen atoms in total. The maximum absolute atomic E-state index is 12.8. The van der Waals surface area contributed by atoms with Crippen LogP contribution in [0.5, 0.6) is 0 Å². The average Bonchev–Trinajstić information content (AvgIpc) is 3.07. The molecule has 2 aromatic rings. The quantitative estimate of drug-likeness (QED) is 0.915. The van der Waals surface area contributed by atoms with Gasteiger partial charge in [0.05, 0.1) is 12.7 Å². The van der Waals surface area contributed by atoms with Gasteiger partial charge in [0.15, 0.2) is 5.69 Å². The highest BCUT2D eigenvalue weighted by molar-refractivity contribution is 5.94. The molecule has 23 heavy (non-hydrogen) atoms. The van der Waals surface area contributed by atoms with Crippen molar-refractivity contribution in [1.82, 2.24) is 20.3 Å². The van der Waals surface area contributed by atoms with Crippen molar-refractivity contribution in [3.63, 3.8) is 0 Å². The van der Waals surface area contributed by atoms with E-state index in [1.54, 1.807) is 6.92 Å². The van der Waals surface area contributed by atoms with Gasteiger partial charge in [-0.25, -0.2) is 0 Å². The molecular weight excluding hydrogens is 313 g/mol. The molecule has 0 aromatic carbocycles. The molecule has 9 heteroatoms. The molecular formula is C14H15F3N4O2. The standard InChI is InChI=1S/C14H15F3N4O2/c1-8-10(7-19-23-8)13(22)18-4-5-21-11(9-2-3-9)6-12(20-21)14(15,16)17/h6-7,9H,2-5H2,1H3,(H,18,22). The Bertz CT molecular complexity index is 716. The van der Waals surface area contributed by atoms with Crippen LogP contribution in [0.25, 0.3) is 0 Å². The monoisotopic (exact) mass is 328 g/mol. The van der Waals surface area contributed by atoms with E-state index < -0.39 is 11.9 Å². The normalized spacial score (nSPS) is 15.0. The number of nitrogens with zero attached hydrogens (tertiary/aromatic N) is 3. The summed E-state index contributed by atoms with van der Waals surface area (Å²) in [6, 6.07) is 1.10. The summed E-state index contributed by atoms with van der Waals surface area (Å²) < 4.78 is 44.5. The molecule has 1 aliphatic carbocycles. The highest BCUT2D eigenvalue weighted by Gasteiger charge is 2.37. The lowest BCUT2D eigenvalue weighted by molar-refractivity contribution is -0.141. The highest BCUT2D eigenvalue weighted by atomic mass is 19.4. The molecule has 1 aliphatic rings. The summed E-state index contributed by atoms with van der Waals surface area (Å²) in [5.74, 6) is 0.147. The minimum absolute atomic E-state index is 0.134. The second kappa shape index (κ2) is 5.71. The van der Waals surface area contributed by atoms with E-state index in [9.17, 15) is 18.0 Å². The first-order valence-electron chi connectivity index (χ1n) is 7.20. The number of aromatic nitrogens is 3. The lowest BCUT2D eigenvalue weighted by atomic mass is 10.2. The van der Waals surface area contributed by atoms with Crippen molar-refractivity contribution in [3.8, 4) is 0 Å². The van der Waals surface area contributed by atoms with Crippen molar-refractivity contribution in [2.45, 2.75) is 38.4 Å². The number of aryl methyl sites for hydroxylation is 1. The fraction of sp³-hybridized carbons (Fsp3) is 0.500. The summed E-state index contributed by atoms with van der Waals surface area (Å²) in [4.78, 5) is 11.9. The van der Waals surface area contributed by atoms with E-state index in [1.165, 1.54) is 10.9 Å². The van der Waals surface area contributed by atoms with E-state index in [1.807, 2.05) is 0 Å². The molecule has 2 heterocycles. The largest absolute Gasteiger partial charge is 0.435 e. The second-order valence-electron chi connectivity index (χ2n) is 5.50. The molecule has 0 bridgehead atoms. The maximum Gasteiger partial charge on any atom is 0.435 e. The Morgan fingerprint density at radius 1 is 1.48 bits per heavy atom. The zero-order valence-corrected chi connectivity index (χ0v) is 12.4. The first-order chi connectivity index (χ1) is 10.9. The van der Waals surface area contributed by atoms with Gasteiger partial charge in [0.2, 0.25) is 0 Å². The van der Waals surface area contributed by atoms with Gasteiger partial charge in [-0.2, -0.15) is 18.3 Å². The number of hydrogen-bond acceptors (Lipinski definition) is 4. The predicted molar refractivity (Wildman–Crippen MR) is 72.8 cm³/mol. The second-order valence-corrected chi connectivity index (χ2v) is 5.50. The molecule has 0 unspecified atom stereocenters. The maximum atomic E-state index is 12.8. The Labute approximate surface area is 129 Å². The van der Waals surface area contributed by atoms with Crippen molar-refractivity contribution in [1.29, 1.82) is 0 Å². The molecule has 1 fully saturated rings. The summed E-state index contributed by atoms with van der Waals surface area (Å²) in [5.41, 5.74) is -0.00259. The van der Waals surface area contributed by atoms with Crippen LogP contribution in [-0.4, -0.2) is 27.4 Å². The fourth-order valence-electron chi connectivity index (χ4n) is 2.34. The molecule has 0 radical (unpaired) electrons. The molecule has 1 saturated carbocycles. The molecule has 0 atom stereocenters. The van der Waals surface area contributed by atoms with Crippen LogP contribution in [0.15, 0.2) is 16.8 Å². The van der Waals surface area contributed by atoms with Crippen LogP contribution in [0.3, 0.4) is 0 Å². The van der Waals surface area contributed by atoms with Crippen molar-refractivity contribution >= 4 is 5.91 Å². The third-order valence-corrected chi connectivity index (χ3v) is 3.70. The summed E-state index contributed by atoms with van der Waals surface area (Å²) in [5, 5.41) is 9.76. The van der Waals surface area contributed by atoms with Gasteiger partial charge in [0.1, 0.15) is 11.3 Å². The predicted octanol–water partition coefficient (Wildman–Crippen LogP) is 2.51. The van der Waals surface area contributed by atoms with E-state index >= 15 is 0 Å². The fourth-order valence-corrected chi connectivity index (χ4v) is 2.34. The number of alkyl halides is 3. The summed E-state index contributed by atoms with van der Waals surface area (Å²) in [7, 11) is 0. The van der Waals surface area contributed by atoms with Gasteiger partial charge in [-0.1, -0.05) is 5.16 Å². The van der Waals surface area contributed by atoms with Crippen LogP contribution in [0.1, 0.15) is 46.3 Å². The Kier molecular flexibility index (Phi) is 3.87. The Morgan fingerprint density at radius 2 is 2.22 bits per heavy atom. The Hall–Kier alpha value is -2.32. The van der Waals surface area contributed by atoms with Crippen LogP contribution in [0.2, 0.25) is 0 Å². The lowest BCUT2D eigenvalue weighted by Gasteiger charge is -2.08. The van der Waals surface area contributed by atoms with Gasteiger partial charge in [-0.3, -0.25) is 9.48 Å². The molecule has 124 valence electrons. The third-order valence-electron chi connectivity index (χ3n) is 3.70.